The van der Waals surface area contributed by atoms with Crippen molar-refractivity contribution in [2.45, 2.75) is 25.2 Å². The number of rotatable bonds is 2. The third-order valence-electron chi connectivity index (χ3n) is 3.20. The number of carbonyl (C=O) groups is 1. The number of hydrogen-bond donors (Lipinski definition) is 1. The van der Waals surface area contributed by atoms with Gasteiger partial charge in [0.1, 0.15) is 0 Å². The molecule has 0 atom stereocenters. The molecule has 80 valence electrons. The van der Waals surface area contributed by atoms with Crippen LogP contribution in [-0.4, -0.2) is 11.1 Å². The summed E-state index contributed by atoms with van der Waals surface area (Å²) in [6.45, 7) is 2.10. The van der Waals surface area contributed by atoms with Crippen molar-refractivity contribution < 1.29 is 9.90 Å². The van der Waals surface area contributed by atoms with E-state index in [1.807, 2.05) is 24.3 Å². The van der Waals surface area contributed by atoms with Crippen molar-refractivity contribution in [3.8, 4) is 0 Å². The van der Waals surface area contributed by atoms with Crippen LogP contribution >= 0.6 is 15.9 Å². The van der Waals surface area contributed by atoms with Crippen molar-refractivity contribution in [2.24, 2.45) is 5.92 Å². The topological polar surface area (TPSA) is 37.3 Å². The first kappa shape index (κ1) is 10.7. The molecule has 2 nitrogen and oxygen atoms in total. The Morgan fingerprint density at radius 1 is 1.40 bits per heavy atom. The monoisotopic (exact) mass is 268 g/mol. The Kier molecular flexibility index (Phi) is 2.59. The Morgan fingerprint density at radius 2 is 1.93 bits per heavy atom. The van der Waals surface area contributed by atoms with Gasteiger partial charge in [-0.2, -0.15) is 0 Å². The van der Waals surface area contributed by atoms with Gasteiger partial charge in [-0.15, -0.1) is 0 Å². The van der Waals surface area contributed by atoms with E-state index in [-0.39, 0.29) is 0 Å². The fourth-order valence-corrected chi connectivity index (χ4v) is 2.70. The van der Waals surface area contributed by atoms with Crippen LogP contribution in [0.3, 0.4) is 0 Å². The Hall–Kier alpha value is -0.830. The SMILES string of the molecule is CC1CC(C(=O)O)(c2ccc(Br)cc2)C1. The van der Waals surface area contributed by atoms with Gasteiger partial charge in [-0.1, -0.05) is 35.0 Å². The molecule has 0 saturated heterocycles. The largest absolute Gasteiger partial charge is 0.481 e. The molecule has 0 aromatic heterocycles. The second-order valence-corrected chi connectivity index (χ2v) is 5.32. The normalized spacial score (nSPS) is 29.6. The quantitative estimate of drug-likeness (QED) is 0.895. The van der Waals surface area contributed by atoms with Crippen LogP contribution in [0.1, 0.15) is 25.3 Å². The zero-order chi connectivity index (χ0) is 11.1. The summed E-state index contributed by atoms with van der Waals surface area (Å²) < 4.78 is 0.985. The number of carboxylic acids is 1. The Balaban J connectivity index is 2.34. The highest BCUT2D eigenvalue weighted by Crippen LogP contribution is 2.47. The van der Waals surface area contributed by atoms with Gasteiger partial charge in [-0.05, 0) is 36.5 Å². The van der Waals surface area contributed by atoms with E-state index in [0.29, 0.717) is 5.92 Å². The fourth-order valence-electron chi connectivity index (χ4n) is 2.43. The first-order valence-electron chi connectivity index (χ1n) is 5.04. The molecule has 2 rings (SSSR count). The van der Waals surface area contributed by atoms with Crippen molar-refractivity contribution in [1.82, 2.24) is 0 Å². The van der Waals surface area contributed by atoms with Gasteiger partial charge in [-0.25, -0.2) is 0 Å². The zero-order valence-electron chi connectivity index (χ0n) is 8.53. The van der Waals surface area contributed by atoms with Crippen LogP contribution in [0.2, 0.25) is 0 Å². The van der Waals surface area contributed by atoms with Crippen molar-refractivity contribution in [1.29, 1.82) is 0 Å². The predicted octanol–water partition coefficient (Wildman–Crippen LogP) is 3.20. The standard InChI is InChI=1S/C12H13BrO2/c1-8-6-12(7-8,11(14)15)9-2-4-10(13)5-3-9/h2-5,8H,6-7H2,1H3,(H,14,15). The molecular weight excluding hydrogens is 256 g/mol. The predicted molar refractivity (Wildman–Crippen MR) is 61.9 cm³/mol. The second-order valence-electron chi connectivity index (χ2n) is 4.41. The third-order valence-corrected chi connectivity index (χ3v) is 3.73. The summed E-state index contributed by atoms with van der Waals surface area (Å²) in [7, 11) is 0. The van der Waals surface area contributed by atoms with Crippen LogP contribution in [-0.2, 0) is 10.2 Å². The summed E-state index contributed by atoms with van der Waals surface area (Å²) in [5.41, 5.74) is 0.302. The van der Waals surface area contributed by atoms with Crippen LogP contribution in [0.15, 0.2) is 28.7 Å². The number of carboxylic acid groups (broad SMARTS) is 1. The van der Waals surface area contributed by atoms with E-state index in [1.54, 1.807) is 0 Å². The van der Waals surface area contributed by atoms with Crippen LogP contribution in [0, 0.1) is 5.92 Å². The van der Waals surface area contributed by atoms with E-state index in [1.165, 1.54) is 0 Å². The molecule has 1 aromatic carbocycles. The molecule has 1 aliphatic carbocycles. The second kappa shape index (κ2) is 3.63. The van der Waals surface area contributed by atoms with E-state index < -0.39 is 11.4 Å². The van der Waals surface area contributed by atoms with Crippen LogP contribution in [0.5, 0.6) is 0 Å². The zero-order valence-corrected chi connectivity index (χ0v) is 10.1. The van der Waals surface area contributed by atoms with Crippen molar-refractivity contribution >= 4 is 21.9 Å². The smallest absolute Gasteiger partial charge is 0.314 e. The van der Waals surface area contributed by atoms with Crippen LogP contribution in [0.25, 0.3) is 0 Å². The molecule has 0 aliphatic heterocycles. The van der Waals surface area contributed by atoms with E-state index in [9.17, 15) is 9.90 Å². The maximum atomic E-state index is 11.3. The third kappa shape index (κ3) is 1.69. The van der Waals surface area contributed by atoms with Gasteiger partial charge >= 0.3 is 5.97 Å². The minimum absolute atomic E-state index is 0.518. The molecule has 1 aromatic rings. The lowest BCUT2D eigenvalue weighted by atomic mass is 9.59. The Bertz CT molecular complexity index is 377. The van der Waals surface area contributed by atoms with Gasteiger partial charge in [0.15, 0.2) is 0 Å². The van der Waals surface area contributed by atoms with Crippen LogP contribution < -0.4 is 0 Å². The van der Waals surface area contributed by atoms with E-state index >= 15 is 0 Å². The lowest BCUT2D eigenvalue weighted by Gasteiger charge is -2.43. The van der Waals surface area contributed by atoms with E-state index in [2.05, 4.69) is 22.9 Å². The minimum Gasteiger partial charge on any atom is -0.481 e. The molecule has 1 fully saturated rings. The molecule has 0 amide bonds. The maximum Gasteiger partial charge on any atom is 0.314 e. The molecule has 1 N–H and O–H groups in total. The Morgan fingerprint density at radius 3 is 2.33 bits per heavy atom. The van der Waals surface area contributed by atoms with Gasteiger partial charge in [-0.3, -0.25) is 4.79 Å². The van der Waals surface area contributed by atoms with Crippen LogP contribution in [0.4, 0.5) is 0 Å². The molecular formula is C12H13BrO2. The van der Waals surface area contributed by atoms with E-state index in [4.69, 9.17) is 0 Å². The highest BCUT2D eigenvalue weighted by atomic mass is 79.9. The summed E-state index contributed by atoms with van der Waals surface area (Å²) in [5, 5.41) is 9.31. The minimum atomic E-state index is -0.692. The van der Waals surface area contributed by atoms with Crippen molar-refractivity contribution in [3.63, 3.8) is 0 Å². The molecule has 1 saturated carbocycles. The van der Waals surface area contributed by atoms with Crippen molar-refractivity contribution in [3.05, 3.63) is 34.3 Å². The Labute approximate surface area is 97.4 Å². The van der Waals surface area contributed by atoms with Gasteiger partial charge in [0, 0.05) is 4.47 Å². The molecule has 0 unspecified atom stereocenters. The first-order valence-corrected chi connectivity index (χ1v) is 5.83. The summed E-state index contributed by atoms with van der Waals surface area (Å²) in [5.74, 6) is -0.173. The molecule has 0 radical (unpaired) electrons. The number of halogens is 1. The number of benzene rings is 1. The van der Waals surface area contributed by atoms with Gasteiger partial charge in [0.25, 0.3) is 0 Å². The summed E-state index contributed by atoms with van der Waals surface area (Å²) in [4.78, 5) is 11.3. The summed E-state index contributed by atoms with van der Waals surface area (Å²) in [6, 6.07) is 7.63. The lowest BCUT2D eigenvalue weighted by Crippen LogP contribution is -2.46. The molecule has 0 heterocycles. The average molecular weight is 269 g/mol. The first-order chi connectivity index (χ1) is 7.04. The molecule has 1 aliphatic rings. The summed E-state index contributed by atoms with van der Waals surface area (Å²) >= 11 is 3.35. The average Bonchev–Trinajstić information content (AvgIpc) is 2.13. The molecule has 0 bridgehead atoms. The van der Waals surface area contributed by atoms with E-state index in [0.717, 1.165) is 22.9 Å². The van der Waals surface area contributed by atoms with Crippen molar-refractivity contribution in [2.75, 3.05) is 0 Å². The number of aliphatic carboxylic acids is 1. The summed E-state index contributed by atoms with van der Waals surface area (Å²) in [6.07, 6.45) is 1.51. The highest BCUT2D eigenvalue weighted by molar-refractivity contribution is 9.10. The maximum absolute atomic E-state index is 11.3. The van der Waals surface area contributed by atoms with Gasteiger partial charge < -0.3 is 5.11 Å². The molecule has 3 heteroatoms. The molecule has 0 spiro atoms. The highest BCUT2D eigenvalue weighted by Gasteiger charge is 2.49. The number of hydrogen-bond acceptors (Lipinski definition) is 1. The fraction of sp³-hybridized carbons (Fsp3) is 0.417. The lowest BCUT2D eigenvalue weighted by molar-refractivity contribution is -0.149. The van der Waals surface area contributed by atoms with Gasteiger partial charge in [0.05, 0.1) is 5.41 Å². The van der Waals surface area contributed by atoms with Gasteiger partial charge in [0.2, 0.25) is 0 Å². The molecule has 15 heavy (non-hydrogen) atoms.